The molecule has 10 heteroatoms. The number of anilines is 2. The van der Waals surface area contributed by atoms with E-state index in [1.807, 2.05) is 19.9 Å². The van der Waals surface area contributed by atoms with Crippen LogP contribution in [0.25, 0.3) is 0 Å². The zero-order valence-electron chi connectivity index (χ0n) is 15.5. The normalized spacial score (nSPS) is 11.2. The molecule has 2 aromatic rings. The summed E-state index contributed by atoms with van der Waals surface area (Å²) in [5.41, 5.74) is 1.03. The van der Waals surface area contributed by atoms with Gasteiger partial charge in [0.15, 0.2) is 0 Å². The number of rotatable bonds is 6. The van der Waals surface area contributed by atoms with Crippen molar-refractivity contribution in [3.8, 4) is 0 Å². The van der Waals surface area contributed by atoms with Gasteiger partial charge >= 0.3 is 6.18 Å². The second-order valence-electron chi connectivity index (χ2n) is 6.25. The highest BCUT2D eigenvalue weighted by molar-refractivity contribution is 5.92. The van der Waals surface area contributed by atoms with Gasteiger partial charge in [-0.05, 0) is 44.5 Å². The molecule has 0 spiro atoms. The number of alkyl halides is 3. The molecule has 0 unspecified atom stereocenters. The molecule has 150 valence electrons. The van der Waals surface area contributed by atoms with Crippen LogP contribution in [-0.4, -0.2) is 22.4 Å². The van der Waals surface area contributed by atoms with Crippen molar-refractivity contribution >= 4 is 23.0 Å². The maximum atomic E-state index is 12.7. The molecule has 1 aromatic carbocycles. The van der Waals surface area contributed by atoms with E-state index in [9.17, 15) is 28.1 Å². The molecule has 2 rings (SSSR count). The molecule has 0 radical (unpaired) electrons. The number of pyridine rings is 1. The zero-order valence-corrected chi connectivity index (χ0v) is 15.5. The Bertz CT molecular complexity index is 890. The van der Waals surface area contributed by atoms with E-state index in [-0.39, 0.29) is 24.6 Å². The van der Waals surface area contributed by atoms with E-state index >= 15 is 0 Å². The third-order valence-corrected chi connectivity index (χ3v) is 3.98. The smallest absolute Gasteiger partial charge is 0.379 e. The van der Waals surface area contributed by atoms with Crippen LogP contribution >= 0.6 is 0 Å². The summed E-state index contributed by atoms with van der Waals surface area (Å²) in [6.45, 7) is 5.45. The van der Waals surface area contributed by atoms with Crippen LogP contribution in [0.4, 0.5) is 30.2 Å². The molecule has 0 bridgehead atoms. The van der Waals surface area contributed by atoms with Crippen molar-refractivity contribution in [2.45, 2.75) is 33.4 Å². The lowest BCUT2D eigenvalue weighted by Crippen LogP contribution is -2.18. The molecule has 1 amide bonds. The van der Waals surface area contributed by atoms with E-state index in [4.69, 9.17) is 0 Å². The molecule has 1 aromatic heterocycles. The Kier molecular flexibility index (Phi) is 6.22. The minimum absolute atomic E-state index is 0.00935. The molecule has 2 N–H and O–H groups in total. The monoisotopic (exact) mass is 396 g/mol. The first-order valence-corrected chi connectivity index (χ1v) is 8.33. The number of aryl methyl sites for hydroxylation is 3. The molecular weight excluding hydrogens is 377 g/mol. The van der Waals surface area contributed by atoms with Crippen LogP contribution in [0.5, 0.6) is 0 Å². The molecule has 0 aliphatic carbocycles. The Balaban J connectivity index is 2.03. The van der Waals surface area contributed by atoms with Gasteiger partial charge in [0.05, 0.1) is 21.9 Å². The quantitative estimate of drug-likeness (QED) is 0.558. The fourth-order valence-corrected chi connectivity index (χ4v) is 2.73. The molecule has 0 atom stereocenters. The highest BCUT2D eigenvalue weighted by Gasteiger charge is 2.33. The number of hydrogen-bond donors (Lipinski definition) is 2. The summed E-state index contributed by atoms with van der Waals surface area (Å²) in [5.74, 6) is -0.348. The maximum Gasteiger partial charge on any atom is 0.416 e. The van der Waals surface area contributed by atoms with Crippen LogP contribution in [0.15, 0.2) is 24.3 Å². The Morgan fingerprint density at radius 1 is 1.21 bits per heavy atom. The number of benzene rings is 1. The standard InChI is InChI=1S/C18H19F3N4O3/c1-10-8-11(2)23-12(3)17(10)24-16(26)6-7-22-14-5-4-13(18(19,20)21)9-15(14)25(27)28/h4-5,8-9,22H,6-7H2,1-3H3,(H,24,26). The van der Waals surface area contributed by atoms with Crippen molar-refractivity contribution in [3.63, 3.8) is 0 Å². The molecule has 0 aliphatic rings. The summed E-state index contributed by atoms with van der Waals surface area (Å²) in [5, 5.41) is 16.4. The number of carbonyl (C=O) groups is 1. The molecule has 28 heavy (non-hydrogen) atoms. The van der Waals surface area contributed by atoms with Gasteiger partial charge in [-0.1, -0.05) is 0 Å². The maximum absolute atomic E-state index is 12.7. The summed E-state index contributed by atoms with van der Waals surface area (Å²) >= 11 is 0. The molecule has 0 saturated carbocycles. The number of hydrogen-bond acceptors (Lipinski definition) is 5. The first kappa shape index (κ1) is 21.1. The lowest BCUT2D eigenvalue weighted by atomic mass is 10.1. The van der Waals surface area contributed by atoms with E-state index in [0.29, 0.717) is 17.4 Å². The third kappa shape index (κ3) is 5.18. The lowest BCUT2D eigenvalue weighted by Gasteiger charge is -2.13. The van der Waals surface area contributed by atoms with E-state index in [2.05, 4.69) is 15.6 Å². The van der Waals surface area contributed by atoms with Crippen molar-refractivity contribution in [2.24, 2.45) is 0 Å². The Labute approximate surface area is 159 Å². The van der Waals surface area contributed by atoms with Crippen LogP contribution < -0.4 is 10.6 Å². The molecule has 0 aliphatic heterocycles. The van der Waals surface area contributed by atoms with Gasteiger partial charge in [-0.3, -0.25) is 19.9 Å². The Hall–Kier alpha value is -3.17. The summed E-state index contributed by atoms with van der Waals surface area (Å²) in [6, 6.07) is 4.02. The van der Waals surface area contributed by atoms with E-state index in [1.54, 1.807) is 6.92 Å². The summed E-state index contributed by atoms with van der Waals surface area (Å²) in [7, 11) is 0. The van der Waals surface area contributed by atoms with Gasteiger partial charge in [-0.2, -0.15) is 13.2 Å². The zero-order chi connectivity index (χ0) is 21.1. The van der Waals surface area contributed by atoms with Gasteiger partial charge in [-0.25, -0.2) is 0 Å². The van der Waals surface area contributed by atoms with Gasteiger partial charge in [0.25, 0.3) is 5.69 Å². The van der Waals surface area contributed by atoms with E-state index < -0.39 is 22.4 Å². The predicted molar refractivity (Wildman–Crippen MR) is 98.3 cm³/mol. The summed E-state index contributed by atoms with van der Waals surface area (Å²) < 4.78 is 38.2. The molecule has 7 nitrogen and oxygen atoms in total. The molecule has 0 saturated heterocycles. The number of amides is 1. The number of carbonyl (C=O) groups excluding carboxylic acids is 1. The second-order valence-corrected chi connectivity index (χ2v) is 6.25. The topological polar surface area (TPSA) is 97.2 Å². The van der Waals surface area contributed by atoms with Crippen molar-refractivity contribution < 1.29 is 22.9 Å². The Morgan fingerprint density at radius 2 is 1.89 bits per heavy atom. The highest BCUT2D eigenvalue weighted by Crippen LogP contribution is 2.34. The minimum atomic E-state index is -4.68. The van der Waals surface area contributed by atoms with Crippen molar-refractivity contribution in [3.05, 3.63) is 56.9 Å². The number of halogens is 3. The fraction of sp³-hybridized carbons (Fsp3) is 0.333. The van der Waals surface area contributed by atoms with Gasteiger partial charge in [0.2, 0.25) is 5.91 Å². The third-order valence-electron chi connectivity index (χ3n) is 3.98. The van der Waals surface area contributed by atoms with Crippen LogP contribution in [0.1, 0.15) is 28.9 Å². The minimum Gasteiger partial charge on any atom is -0.379 e. The summed E-state index contributed by atoms with van der Waals surface area (Å²) in [4.78, 5) is 26.6. The average molecular weight is 396 g/mol. The van der Waals surface area contributed by atoms with Crippen molar-refractivity contribution in [1.82, 2.24) is 4.98 Å². The number of aromatic nitrogens is 1. The van der Waals surface area contributed by atoms with Gasteiger partial charge < -0.3 is 10.6 Å². The molecular formula is C18H19F3N4O3. The van der Waals surface area contributed by atoms with E-state index in [0.717, 1.165) is 23.4 Å². The van der Waals surface area contributed by atoms with E-state index in [1.165, 1.54) is 0 Å². The highest BCUT2D eigenvalue weighted by atomic mass is 19.4. The van der Waals surface area contributed by atoms with Gasteiger partial charge in [-0.15, -0.1) is 0 Å². The van der Waals surface area contributed by atoms with Crippen LogP contribution in [0.2, 0.25) is 0 Å². The van der Waals surface area contributed by atoms with Gasteiger partial charge in [0, 0.05) is 24.7 Å². The van der Waals surface area contributed by atoms with Crippen molar-refractivity contribution in [2.75, 3.05) is 17.2 Å². The Morgan fingerprint density at radius 3 is 2.46 bits per heavy atom. The first-order valence-electron chi connectivity index (χ1n) is 8.33. The largest absolute Gasteiger partial charge is 0.416 e. The molecule has 0 fully saturated rings. The number of nitro groups is 1. The number of nitrogens with one attached hydrogen (secondary N) is 2. The van der Waals surface area contributed by atoms with Crippen LogP contribution in [0.3, 0.4) is 0 Å². The van der Waals surface area contributed by atoms with Crippen LogP contribution in [0, 0.1) is 30.9 Å². The van der Waals surface area contributed by atoms with Crippen LogP contribution in [-0.2, 0) is 11.0 Å². The average Bonchev–Trinajstić information content (AvgIpc) is 2.57. The van der Waals surface area contributed by atoms with Crippen molar-refractivity contribution in [1.29, 1.82) is 0 Å². The fourth-order valence-electron chi connectivity index (χ4n) is 2.73. The second kappa shape index (κ2) is 8.24. The summed E-state index contributed by atoms with van der Waals surface area (Å²) in [6.07, 6.45) is -4.72. The first-order chi connectivity index (χ1) is 13.0. The predicted octanol–water partition coefficient (Wildman–Crippen LogP) is 4.37. The lowest BCUT2D eigenvalue weighted by molar-refractivity contribution is -0.384. The van der Waals surface area contributed by atoms with Gasteiger partial charge in [0.1, 0.15) is 5.69 Å². The number of nitrogens with zero attached hydrogens (tertiary/aromatic N) is 2. The number of nitro benzene ring substituents is 1. The SMILES string of the molecule is Cc1cc(C)c(NC(=O)CCNc2ccc(C(F)(F)F)cc2[N+](=O)[O-])c(C)n1. The molecule has 1 heterocycles.